The molecule has 1 aliphatic rings. The van der Waals surface area contributed by atoms with Crippen LogP contribution >= 0.6 is 0 Å². The molecule has 1 aromatic carbocycles. The van der Waals surface area contributed by atoms with Gasteiger partial charge in [0.05, 0.1) is 18.1 Å². The van der Waals surface area contributed by atoms with Crippen molar-refractivity contribution in [3.63, 3.8) is 0 Å². The Morgan fingerprint density at radius 3 is 2.16 bits per heavy atom. The number of benzene rings is 1. The minimum absolute atomic E-state index is 0.750. The van der Waals surface area contributed by atoms with Crippen LogP contribution < -0.4 is 15.5 Å². The van der Waals surface area contributed by atoms with E-state index in [1.165, 1.54) is 5.69 Å². The minimum Gasteiger partial charge on any atom is -0.399 e. The second kappa shape index (κ2) is 6.76. The molecule has 3 aromatic rings. The maximum absolute atomic E-state index is 5.76. The van der Waals surface area contributed by atoms with Gasteiger partial charge in [0.2, 0.25) is 0 Å². The third kappa shape index (κ3) is 3.38. The van der Waals surface area contributed by atoms with E-state index in [1.54, 1.807) is 6.20 Å². The first kappa shape index (κ1) is 15.4. The predicted octanol–water partition coefficient (Wildman–Crippen LogP) is 2.45. The molecule has 126 valence electrons. The van der Waals surface area contributed by atoms with Crippen molar-refractivity contribution >= 4 is 17.2 Å². The van der Waals surface area contributed by atoms with E-state index in [-0.39, 0.29) is 0 Å². The van der Waals surface area contributed by atoms with Crippen LogP contribution in [-0.2, 0) is 0 Å². The molecule has 1 aliphatic heterocycles. The lowest BCUT2D eigenvalue weighted by atomic mass is 10.1. The van der Waals surface area contributed by atoms with Crippen molar-refractivity contribution < 1.29 is 0 Å². The highest BCUT2D eigenvalue weighted by atomic mass is 15.3. The molecule has 25 heavy (non-hydrogen) atoms. The normalized spacial score (nSPS) is 14.6. The predicted molar refractivity (Wildman–Crippen MR) is 101 cm³/mol. The Balaban J connectivity index is 1.48. The molecule has 6 heteroatoms. The topological polar surface area (TPSA) is 71.2 Å². The Morgan fingerprint density at radius 1 is 0.760 bits per heavy atom. The summed E-state index contributed by atoms with van der Waals surface area (Å²) in [6.45, 7) is 3.75. The number of piperazine rings is 1. The lowest BCUT2D eigenvalue weighted by Gasteiger charge is -2.36. The van der Waals surface area contributed by atoms with E-state index in [0.29, 0.717) is 0 Å². The average molecular weight is 332 g/mol. The molecule has 0 bridgehead atoms. The molecule has 0 saturated carbocycles. The van der Waals surface area contributed by atoms with Crippen LogP contribution in [0, 0.1) is 0 Å². The number of rotatable bonds is 3. The second-order valence-electron chi connectivity index (χ2n) is 6.06. The van der Waals surface area contributed by atoms with Crippen molar-refractivity contribution in [2.75, 3.05) is 41.7 Å². The van der Waals surface area contributed by atoms with E-state index in [9.17, 15) is 0 Å². The van der Waals surface area contributed by atoms with Gasteiger partial charge in [0, 0.05) is 55.5 Å². The lowest BCUT2D eigenvalue weighted by Crippen LogP contribution is -2.46. The first-order chi connectivity index (χ1) is 12.3. The molecular weight excluding hydrogens is 312 g/mol. The number of nitrogens with two attached hydrogens (primary N) is 1. The van der Waals surface area contributed by atoms with E-state index in [2.05, 4.69) is 31.9 Å². The molecule has 4 rings (SSSR count). The van der Waals surface area contributed by atoms with Gasteiger partial charge >= 0.3 is 0 Å². The van der Waals surface area contributed by atoms with Gasteiger partial charge in [-0.2, -0.15) is 0 Å². The van der Waals surface area contributed by atoms with Crippen molar-refractivity contribution in [2.45, 2.75) is 0 Å². The van der Waals surface area contributed by atoms with Crippen LogP contribution in [0.1, 0.15) is 0 Å². The van der Waals surface area contributed by atoms with Gasteiger partial charge in [0.15, 0.2) is 0 Å². The van der Waals surface area contributed by atoms with E-state index in [1.807, 2.05) is 42.9 Å². The molecule has 0 radical (unpaired) electrons. The van der Waals surface area contributed by atoms with Crippen molar-refractivity contribution in [1.29, 1.82) is 0 Å². The number of aromatic nitrogens is 3. The highest BCUT2D eigenvalue weighted by Gasteiger charge is 2.19. The third-order valence-electron chi connectivity index (χ3n) is 4.46. The largest absolute Gasteiger partial charge is 0.399 e. The molecule has 1 fully saturated rings. The summed E-state index contributed by atoms with van der Waals surface area (Å²) < 4.78 is 0. The molecule has 0 amide bonds. The van der Waals surface area contributed by atoms with Crippen molar-refractivity contribution in [1.82, 2.24) is 15.0 Å². The molecule has 0 spiro atoms. The van der Waals surface area contributed by atoms with Crippen molar-refractivity contribution in [3.8, 4) is 11.3 Å². The van der Waals surface area contributed by atoms with Crippen molar-refractivity contribution in [3.05, 3.63) is 61.2 Å². The zero-order valence-corrected chi connectivity index (χ0v) is 13.9. The molecule has 3 heterocycles. The summed E-state index contributed by atoms with van der Waals surface area (Å²) in [7, 11) is 0. The molecule has 6 nitrogen and oxygen atoms in total. The van der Waals surface area contributed by atoms with Gasteiger partial charge in [0.1, 0.15) is 5.82 Å². The number of hydrogen-bond donors (Lipinski definition) is 1. The van der Waals surface area contributed by atoms with Gasteiger partial charge in [-0.3, -0.25) is 9.97 Å². The molecule has 2 aromatic heterocycles. The van der Waals surface area contributed by atoms with Crippen molar-refractivity contribution in [2.24, 2.45) is 0 Å². The number of nitrogens with zero attached hydrogens (tertiary/aromatic N) is 5. The Morgan fingerprint density at radius 2 is 1.44 bits per heavy atom. The smallest absolute Gasteiger partial charge is 0.147 e. The van der Waals surface area contributed by atoms with Crippen LogP contribution in [0.25, 0.3) is 11.3 Å². The van der Waals surface area contributed by atoms with Gasteiger partial charge in [-0.15, -0.1) is 0 Å². The fourth-order valence-corrected chi connectivity index (χ4v) is 3.05. The Bertz CT molecular complexity index is 826. The summed E-state index contributed by atoms with van der Waals surface area (Å²) in [6, 6.07) is 11.8. The second-order valence-corrected chi connectivity index (χ2v) is 6.06. The fraction of sp³-hybridized carbons (Fsp3) is 0.211. The quantitative estimate of drug-likeness (QED) is 0.743. The molecule has 2 N–H and O–H groups in total. The maximum atomic E-state index is 5.76. The number of pyridine rings is 1. The van der Waals surface area contributed by atoms with Crippen LogP contribution in [0.4, 0.5) is 17.2 Å². The summed E-state index contributed by atoms with van der Waals surface area (Å²) in [5, 5.41) is 0. The van der Waals surface area contributed by atoms with E-state index >= 15 is 0 Å². The van der Waals surface area contributed by atoms with Crippen LogP contribution in [0.15, 0.2) is 61.2 Å². The number of anilines is 3. The summed E-state index contributed by atoms with van der Waals surface area (Å²) in [4.78, 5) is 17.9. The SMILES string of the molecule is Nc1ccc(-c2cncc(N3CCN(c4ccncc4)CC3)n2)cc1. The van der Waals surface area contributed by atoms with Gasteiger partial charge in [-0.05, 0) is 24.3 Å². The van der Waals surface area contributed by atoms with Crippen LogP contribution in [0.2, 0.25) is 0 Å². The lowest BCUT2D eigenvalue weighted by molar-refractivity contribution is 0.646. The fourth-order valence-electron chi connectivity index (χ4n) is 3.05. The Kier molecular flexibility index (Phi) is 4.16. The highest BCUT2D eigenvalue weighted by Crippen LogP contribution is 2.22. The molecular formula is C19H20N6. The van der Waals surface area contributed by atoms with Gasteiger partial charge in [0.25, 0.3) is 0 Å². The van der Waals surface area contributed by atoms with Crippen LogP contribution in [0.5, 0.6) is 0 Å². The molecule has 1 saturated heterocycles. The number of hydrogen-bond acceptors (Lipinski definition) is 6. The average Bonchev–Trinajstić information content (AvgIpc) is 2.69. The van der Waals surface area contributed by atoms with Gasteiger partial charge in [-0.25, -0.2) is 4.98 Å². The van der Waals surface area contributed by atoms with Gasteiger partial charge < -0.3 is 15.5 Å². The number of nitrogen functional groups attached to an aromatic ring is 1. The summed E-state index contributed by atoms with van der Waals surface area (Å²) in [5.74, 6) is 0.920. The minimum atomic E-state index is 0.750. The van der Waals surface area contributed by atoms with Crippen LogP contribution in [-0.4, -0.2) is 41.1 Å². The third-order valence-corrected chi connectivity index (χ3v) is 4.46. The standard InChI is InChI=1S/C19H20N6/c20-16-3-1-15(2-4-16)18-13-22-14-19(23-18)25-11-9-24(10-12-25)17-5-7-21-8-6-17/h1-8,13-14H,9-12,20H2. The zero-order chi connectivity index (χ0) is 17.1. The molecule has 0 atom stereocenters. The van der Waals surface area contributed by atoms with E-state index in [4.69, 9.17) is 10.7 Å². The van der Waals surface area contributed by atoms with E-state index in [0.717, 1.165) is 48.9 Å². The van der Waals surface area contributed by atoms with Crippen LogP contribution in [0.3, 0.4) is 0 Å². The Hall–Kier alpha value is -3.15. The van der Waals surface area contributed by atoms with Gasteiger partial charge in [-0.1, -0.05) is 12.1 Å². The summed E-state index contributed by atoms with van der Waals surface area (Å²) in [6.07, 6.45) is 7.30. The zero-order valence-electron chi connectivity index (χ0n) is 13.9. The monoisotopic (exact) mass is 332 g/mol. The van der Waals surface area contributed by atoms with E-state index < -0.39 is 0 Å². The summed E-state index contributed by atoms with van der Waals surface area (Å²) in [5.41, 5.74) is 9.62. The molecule has 0 unspecified atom stereocenters. The first-order valence-electron chi connectivity index (χ1n) is 8.37. The Labute approximate surface area is 147 Å². The highest BCUT2D eigenvalue weighted by molar-refractivity contribution is 5.62. The first-order valence-corrected chi connectivity index (χ1v) is 8.37. The summed E-state index contributed by atoms with van der Waals surface area (Å²) >= 11 is 0. The molecule has 0 aliphatic carbocycles. The maximum Gasteiger partial charge on any atom is 0.147 e.